The molecular weight excluding hydrogens is 368 g/mol. The van der Waals surface area contributed by atoms with Gasteiger partial charge in [-0.15, -0.1) is 0 Å². The number of carbonyl (C=O) groups is 1. The Kier molecular flexibility index (Phi) is 6.59. The Bertz CT molecular complexity index is 795. The summed E-state index contributed by atoms with van der Waals surface area (Å²) in [6.45, 7) is 8.93. The van der Waals surface area contributed by atoms with E-state index in [9.17, 15) is 4.79 Å². The number of rotatable bonds is 9. The van der Waals surface area contributed by atoms with Crippen LogP contribution in [0.1, 0.15) is 40.3 Å². The number of oxazole rings is 1. The van der Waals surface area contributed by atoms with Crippen LogP contribution >= 0.6 is 0 Å². The van der Waals surface area contributed by atoms with Crippen LogP contribution in [0.2, 0.25) is 0 Å². The molecule has 0 radical (unpaired) electrons. The van der Waals surface area contributed by atoms with Gasteiger partial charge in [0.25, 0.3) is 5.91 Å². The van der Waals surface area contributed by atoms with E-state index in [1.54, 1.807) is 0 Å². The highest BCUT2D eigenvalue weighted by Gasteiger charge is 2.25. The fourth-order valence-corrected chi connectivity index (χ4v) is 3.44. The maximum atomic E-state index is 12.2. The van der Waals surface area contributed by atoms with Gasteiger partial charge in [-0.25, -0.2) is 4.98 Å². The van der Waals surface area contributed by atoms with Crippen molar-refractivity contribution in [3.63, 3.8) is 0 Å². The zero-order valence-electron chi connectivity index (χ0n) is 17.1. The molecule has 1 amide bonds. The van der Waals surface area contributed by atoms with Gasteiger partial charge in [-0.1, -0.05) is 29.8 Å². The Balaban J connectivity index is 1.38. The highest BCUT2D eigenvalue weighted by molar-refractivity contribution is 5.92. The van der Waals surface area contributed by atoms with Crippen molar-refractivity contribution in [1.29, 1.82) is 0 Å². The minimum absolute atomic E-state index is 0.138. The van der Waals surface area contributed by atoms with E-state index < -0.39 is 0 Å². The number of hydrogen-bond donors (Lipinski definition) is 1. The van der Waals surface area contributed by atoms with Gasteiger partial charge in [-0.05, 0) is 25.3 Å². The molecule has 29 heavy (non-hydrogen) atoms. The van der Waals surface area contributed by atoms with E-state index in [-0.39, 0.29) is 5.91 Å². The quantitative estimate of drug-likeness (QED) is 0.698. The third-order valence-corrected chi connectivity index (χ3v) is 5.42. The smallest absolute Gasteiger partial charge is 0.273 e. The Morgan fingerprint density at radius 1 is 1.21 bits per heavy atom. The van der Waals surface area contributed by atoms with Crippen LogP contribution in [0, 0.1) is 6.92 Å². The lowest BCUT2D eigenvalue weighted by Gasteiger charge is -2.29. The number of hydrogen-bond acceptors (Lipinski definition) is 6. The topological polar surface area (TPSA) is 70.8 Å². The van der Waals surface area contributed by atoms with Crippen molar-refractivity contribution in [1.82, 2.24) is 20.1 Å². The average Bonchev–Trinajstić information content (AvgIpc) is 3.43. The van der Waals surface area contributed by atoms with Gasteiger partial charge in [-0.2, -0.15) is 0 Å². The summed E-state index contributed by atoms with van der Waals surface area (Å²) in [4.78, 5) is 21.4. The summed E-state index contributed by atoms with van der Waals surface area (Å²) in [5.41, 5.74) is 2.89. The molecule has 7 heteroatoms. The van der Waals surface area contributed by atoms with Crippen molar-refractivity contribution in [2.24, 2.45) is 0 Å². The fraction of sp³-hybridized carbons (Fsp3) is 0.545. The first-order chi connectivity index (χ1) is 14.2. The number of benzene rings is 1. The predicted molar refractivity (Wildman–Crippen MR) is 110 cm³/mol. The van der Waals surface area contributed by atoms with E-state index in [0.717, 1.165) is 58.8 Å². The lowest BCUT2D eigenvalue weighted by Crippen LogP contribution is -2.41. The molecule has 2 aromatic rings. The van der Waals surface area contributed by atoms with Gasteiger partial charge in [0.15, 0.2) is 5.69 Å². The Morgan fingerprint density at radius 3 is 2.69 bits per heavy atom. The zero-order valence-corrected chi connectivity index (χ0v) is 17.1. The van der Waals surface area contributed by atoms with E-state index >= 15 is 0 Å². The number of carbonyl (C=O) groups excluding carboxylic acids is 1. The normalized spacial score (nSPS) is 17.6. The summed E-state index contributed by atoms with van der Waals surface area (Å²) in [6, 6.07) is 8.93. The third kappa shape index (κ3) is 6.13. The van der Waals surface area contributed by atoms with Crippen LogP contribution in [0.3, 0.4) is 0 Å². The molecule has 0 unspecified atom stereocenters. The van der Waals surface area contributed by atoms with Crippen molar-refractivity contribution in [3.05, 3.63) is 53.2 Å². The molecule has 1 aliphatic heterocycles. The van der Waals surface area contributed by atoms with Crippen LogP contribution in [0.5, 0.6) is 0 Å². The molecule has 4 rings (SSSR count). The molecule has 1 saturated heterocycles. The molecule has 0 spiro atoms. The molecule has 1 saturated carbocycles. The van der Waals surface area contributed by atoms with E-state index in [0.29, 0.717) is 24.2 Å². The number of aromatic nitrogens is 1. The molecule has 0 bridgehead atoms. The Hall–Kier alpha value is -2.22. The fourth-order valence-electron chi connectivity index (χ4n) is 3.44. The zero-order chi connectivity index (χ0) is 20.1. The molecule has 1 aliphatic carbocycles. The van der Waals surface area contributed by atoms with Gasteiger partial charge in [0.1, 0.15) is 6.26 Å². The lowest BCUT2D eigenvalue weighted by molar-refractivity contribution is 0.0320. The Morgan fingerprint density at radius 2 is 1.97 bits per heavy atom. The first kappa shape index (κ1) is 20.1. The number of amides is 1. The summed E-state index contributed by atoms with van der Waals surface area (Å²) in [5.74, 6) is 0.445. The summed E-state index contributed by atoms with van der Waals surface area (Å²) in [6.07, 6.45) is 3.59. The molecule has 2 aliphatic rings. The van der Waals surface area contributed by atoms with Gasteiger partial charge >= 0.3 is 0 Å². The van der Waals surface area contributed by atoms with Gasteiger partial charge in [0.05, 0.1) is 19.8 Å². The second-order valence-corrected chi connectivity index (χ2v) is 8.02. The SMILES string of the molecule is Cc1ccc(CN(CCN2CCOCC2)Cc2nc(C(=O)NC3CC3)co2)cc1. The van der Waals surface area contributed by atoms with Crippen molar-refractivity contribution >= 4 is 5.91 Å². The summed E-state index contributed by atoms with van der Waals surface area (Å²) in [7, 11) is 0. The first-order valence-electron chi connectivity index (χ1n) is 10.5. The number of nitrogens with zero attached hydrogens (tertiary/aromatic N) is 3. The third-order valence-electron chi connectivity index (χ3n) is 5.42. The van der Waals surface area contributed by atoms with E-state index in [2.05, 4.69) is 51.3 Å². The minimum atomic E-state index is -0.138. The number of morpholine rings is 1. The predicted octanol–water partition coefficient (Wildman–Crippen LogP) is 2.21. The second-order valence-electron chi connectivity index (χ2n) is 8.02. The van der Waals surface area contributed by atoms with Gasteiger partial charge < -0.3 is 14.5 Å². The standard InChI is InChI=1S/C22H30N4O3/c1-17-2-4-18(5-3-17)14-26(9-8-25-10-12-28-13-11-25)15-21-24-20(16-29-21)22(27)23-19-6-7-19/h2-5,16,19H,6-15H2,1H3,(H,23,27). The highest BCUT2D eigenvalue weighted by atomic mass is 16.5. The van der Waals surface area contributed by atoms with E-state index in [1.165, 1.54) is 17.4 Å². The second kappa shape index (κ2) is 9.52. The molecule has 2 heterocycles. The molecule has 7 nitrogen and oxygen atoms in total. The summed E-state index contributed by atoms with van der Waals surface area (Å²) < 4.78 is 11.1. The summed E-state index contributed by atoms with van der Waals surface area (Å²) in [5, 5.41) is 2.96. The van der Waals surface area contributed by atoms with Crippen molar-refractivity contribution in [2.45, 2.75) is 38.9 Å². The Labute approximate surface area is 172 Å². The molecule has 156 valence electrons. The largest absolute Gasteiger partial charge is 0.447 e. The molecule has 1 aromatic carbocycles. The minimum Gasteiger partial charge on any atom is -0.447 e. The number of aryl methyl sites for hydroxylation is 1. The molecular formula is C22H30N4O3. The maximum Gasteiger partial charge on any atom is 0.273 e. The average molecular weight is 399 g/mol. The van der Waals surface area contributed by atoms with Crippen LogP contribution in [0.15, 0.2) is 34.9 Å². The van der Waals surface area contributed by atoms with Crippen LogP contribution in [-0.4, -0.2) is 66.1 Å². The molecule has 1 aromatic heterocycles. The number of nitrogens with one attached hydrogen (secondary N) is 1. The van der Waals surface area contributed by atoms with E-state index in [4.69, 9.17) is 9.15 Å². The van der Waals surface area contributed by atoms with Gasteiger partial charge in [0.2, 0.25) is 5.89 Å². The maximum absolute atomic E-state index is 12.2. The molecule has 0 atom stereocenters. The van der Waals surface area contributed by atoms with Gasteiger partial charge in [-0.3, -0.25) is 14.6 Å². The van der Waals surface area contributed by atoms with Crippen LogP contribution < -0.4 is 5.32 Å². The monoisotopic (exact) mass is 398 g/mol. The summed E-state index contributed by atoms with van der Waals surface area (Å²) >= 11 is 0. The van der Waals surface area contributed by atoms with Crippen LogP contribution in [0.4, 0.5) is 0 Å². The first-order valence-corrected chi connectivity index (χ1v) is 10.5. The van der Waals surface area contributed by atoms with E-state index in [1.807, 2.05) is 0 Å². The van der Waals surface area contributed by atoms with Crippen molar-refractivity contribution in [2.75, 3.05) is 39.4 Å². The molecule has 2 fully saturated rings. The van der Waals surface area contributed by atoms with Gasteiger partial charge in [0, 0.05) is 38.8 Å². The highest BCUT2D eigenvalue weighted by Crippen LogP contribution is 2.19. The number of ether oxygens (including phenoxy) is 1. The van der Waals surface area contributed by atoms with Crippen molar-refractivity contribution in [3.8, 4) is 0 Å². The van der Waals surface area contributed by atoms with Crippen LogP contribution in [-0.2, 0) is 17.8 Å². The van der Waals surface area contributed by atoms with Crippen molar-refractivity contribution < 1.29 is 13.9 Å². The lowest BCUT2D eigenvalue weighted by atomic mass is 10.1. The van der Waals surface area contributed by atoms with Crippen LogP contribution in [0.25, 0.3) is 0 Å². The molecule has 1 N–H and O–H groups in total.